The summed E-state index contributed by atoms with van der Waals surface area (Å²) in [7, 11) is 0. The molecule has 1 aliphatic heterocycles. The summed E-state index contributed by atoms with van der Waals surface area (Å²) in [5.41, 5.74) is 3.85. The van der Waals surface area contributed by atoms with Gasteiger partial charge in [-0.3, -0.25) is 9.36 Å². The Morgan fingerprint density at radius 3 is 2.81 bits per heavy atom. The van der Waals surface area contributed by atoms with E-state index in [4.69, 9.17) is 0 Å². The number of nitrogens with zero attached hydrogens (tertiary/aromatic N) is 2. The highest BCUT2D eigenvalue weighted by Gasteiger charge is 2.20. The van der Waals surface area contributed by atoms with E-state index in [1.807, 2.05) is 30.3 Å². The van der Waals surface area contributed by atoms with Crippen LogP contribution in [0.1, 0.15) is 11.3 Å². The molecule has 0 aliphatic carbocycles. The average molecular weight is 277 g/mol. The fraction of sp³-hybridized carbons (Fsp3) is 0.176. The second-order valence-electron chi connectivity index (χ2n) is 5.23. The van der Waals surface area contributed by atoms with Gasteiger partial charge < -0.3 is 5.32 Å². The maximum Gasteiger partial charge on any atom is 0.195 e. The third kappa shape index (κ3) is 1.87. The molecule has 0 saturated heterocycles. The smallest absolute Gasteiger partial charge is 0.195 e. The van der Waals surface area contributed by atoms with Crippen LogP contribution in [0.2, 0.25) is 0 Å². The molecule has 3 aromatic rings. The van der Waals surface area contributed by atoms with Gasteiger partial charge in [0.25, 0.3) is 0 Å². The van der Waals surface area contributed by atoms with Crippen LogP contribution in [0.4, 0.5) is 0 Å². The highest BCUT2D eigenvalue weighted by molar-refractivity contribution is 5.78. The van der Waals surface area contributed by atoms with Crippen molar-refractivity contribution in [3.05, 3.63) is 70.1 Å². The summed E-state index contributed by atoms with van der Waals surface area (Å²) in [4.78, 5) is 17.1. The van der Waals surface area contributed by atoms with Gasteiger partial charge in [0.15, 0.2) is 5.43 Å². The second kappa shape index (κ2) is 4.82. The van der Waals surface area contributed by atoms with E-state index in [-0.39, 0.29) is 5.43 Å². The van der Waals surface area contributed by atoms with E-state index in [1.54, 1.807) is 6.20 Å². The molecule has 0 bridgehead atoms. The number of nitrogens with one attached hydrogen (secondary N) is 1. The molecule has 3 heterocycles. The lowest BCUT2D eigenvalue weighted by Gasteiger charge is -2.23. The van der Waals surface area contributed by atoms with Crippen LogP contribution >= 0.6 is 0 Å². The molecule has 2 aromatic heterocycles. The molecule has 0 amide bonds. The summed E-state index contributed by atoms with van der Waals surface area (Å²) in [6.07, 6.45) is 2.58. The van der Waals surface area contributed by atoms with Crippen molar-refractivity contribution in [2.75, 3.05) is 6.54 Å². The number of benzene rings is 1. The van der Waals surface area contributed by atoms with Crippen molar-refractivity contribution >= 4 is 11.0 Å². The van der Waals surface area contributed by atoms with E-state index >= 15 is 0 Å². The molecule has 1 N–H and O–H groups in total. The van der Waals surface area contributed by atoms with Crippen molar-refractivity contribution in [2.45, 2.75) is 13.0 Å². The molecule has 0 unspecified atom stereocenters. The minimum atomic E-state index is 0.104. The first-order valence-electron chi connectivity index (χ1n) is 7.14. The lowest BCUT2D eigenvalue weighted by molar-refractivity contribution is 0.617. The van der Waals surface area contributed by atoms with Crippen LogP contribution in [0.5, 0.6) is 0 Å². The number of hydrogen-bond acceptors (Lipinski definition) is 3. The third-order valence-electron chi connectivity index (χ3n) is 3.99. The van der Waals surface area contributed by atoms with Crippen LogP contribution in [0.25, 0.3) is 16.7 Å². The number of rotatable bonds is 1. The van der Waals surface area contributed by atoms with Gasteiger partial charge in [0.1, 0.15) is 5.65 Å². The zero-order chi connectivity index (χ0) is 14.2. The fourth-order valence-electron chi connectivity index (χ4n) is 3.03. The summed E-state index contributed by atoms with van der Waals surface area (Å²) < 4.78 is 2.13. The fourth-order valence-corrected chi connectivity index (χ4v) is 3.03. The van der Waals surface area contributed by atoms with Gasteiger partial charge in [-0.15, -0.1) is 0 Å². The number of pyridine rings is 2. The minimum Gasteiger partial charge on any atom is -0.312 e. The molecule has 4 rings (SSSR count). The molecule has 1 aliphatic rings. The van der Waals surface area contributed by atoms with Crippen molar-refractivity contribution in [2.24, 2.45) is 0 Å². The van der Waals surface area contributed by atoms with Gasteiger partial charge in [-0.05, 0) is 24.3 Å². The average Bonchev–Trinajstić information content (AvgIpc) is 2.56. The van der Waals surface area contributed by atoms with Crippen molar-refractivity contribution in [1.29, 1.82) is 0 Å². The molecule has 1 aromatic carbocycles. The van der Waals surface area contributed by atoms with Crippen LogP contribution < -0.4 is 10.7 Å². The van der Waals surface area contributed by atoms with E-state index < -0.39 is 0 Å². The van der Waals surface area contributed by atoms with Gasteiger partial charge in [-0.2, -0.15) is 0 Å². The molecule has 4 nitrogen and oxygen atoms in total. The Morgan fingerprint density at radius 1 is 1.10 bits per heavy atom. The lowest BCUT2D eigenvalue weighted by Crippen LogP contribution is -2.32. The molecular formula is C17H15N3O. The number of hydrogen-bond donors (Lipinski definition) is 1. The van der Waals surface area contributed by atoms with Crippen LogP contribution in [0, 0.1) is 0 Å². The van der Waals surface area contributed by atoms with Crippen LogP contribution in [-0.2, 0) is 13.0 Å². The monoisotopic (exact) mass is 277 g/mol. The van der Waals surface area contributed by atoms with Gasteiger partial charge in [0, 0.05) is 42.7 Å². The van der Waals surface area contributed by atoms with Crippen molar-refractivity contribution < 1.29 is 0 Å². The Hall–Kier alpha value is -2.46. The van der Waals surface area contributed by atoms with Gasteiger partial charge in [0.05, 0.1) is 5.39 Å². The molecule has 0 atom stereocenters. The Labute approximate surface area is 122 Å². The Kier molecular flexibility index (Phi) is 2.82. The van der Waals surface area contributed by atoms with Crippen LogP contribution in [-0.4, -0.2) is 16.1 Å². The predicted molar refractivity (Wildman–Crippen MR) is 82.8 cm³/mol. The van der Waals surface area contributed by atoms with E-state index in [0.29, 0.717) is 11.9 Å². The summed E-state index contributed by atoms with van der Waals surface area (Å²) >= 11 is 0. The molecular weight excluding hydrogens is 262 g/mol. The van der Waals surface area contributed by atoms with Crippen molar-refractivity contribution in [3.8, 4) is 5.69 Å². The second-order valence-corrected chi connectivity index (χ2v) is 5.23. The normalized spacial score (nSPS) is 14.1. The first-order valence-corrected chi connectivity index (χ1v) is 7.14. The predicted octanol–water partition coefficient (Wildman–Crippen LogP) is 2.03. The zero-order valence-corrected chi connectivity index (χ0v) is 11.5. The van der Waals surface area contributed by atoms with Gasteiger partial charge in [-0.25, -0.2) is 4.98 Å². The number of fused-ring (bicyclic) bond motifs is 2. The van der Waals surface area contributed by atoms with Crippen LogP contribution in [0.3, 0.4) is 0 Å². The maximum absolute atomic E-state index is 12.7. The molecule has 0 radical (unpaired) electrons. The third-order valence-corrected chi connectivity index (χ3v) is 3.99. The van der Waals surface area contributed by atoms with E-state index in [0.717, 1.165) is 35.6 Å². The van der Waals surface area contributed by atoms with Gasteiger partial charge in [-0.1, -0.05) is 18.2 Å². The highest BCUT2D eigenvalue weighted by Crippen LogP contribution is 2.22. The Morgan fingerprint density at radius 2 is 1.95 bits per heavy atom. The topological polar surface area (TPSA) is 46.9 Å². The minimum absolute atomic E-state index is 0.104. The quantitative estimate of drug-likeness (QED) is 0.740. The molecule has 4 heteroatoms. The molecule has 21 heavy (non-hydrogen) atoms. The first-order chi connectivity index (χ1) is 10.4. The Balaban J connectivity index is 2.18. The molecule has 0 fully saturated rings. The SMILES string of the molecule is O=c1c2c(n(-c3ccccc3)c3ncccc13)CCNC2. The molecule has 0 saturated carbocycles. The van der Waals surface area contributed by atoms with E-state index in [9.17, 15) is 4.79 Å². The van der Waals surface area contributed by atoms with Gasteiger partial charge in [0.2, 0.25) is 0 Å². The van der Waals surface area contributed by atoms with E-state index in [2.05, 4.69) is 27.0 Å². The largest absolute Gasteiger partial charge is 0.312 e. The van der Waals surface area contributed by atoms with E-state index in [1.165, 1.54) is 0 Å². The highest BCUT2D eigenvalue weighted by atomic mass is 16.1. The standard InChI is InChI=1S/C17H15N3O/c21-16-13-7-4-9-19-17(13)20(12-5-2-1-3-6-12)15-8-10-18-11-14(15)16/h1-7,9,18H,8,10-11H2. The molecule has 0 spiro atoms. The zero-order valence-electron chi connectivity index (χ0n) is 11.5. The summed E-state index contributed by atoms with van der Waals surface area (Å²) in [5, 5.41) is 3.98. The Bertz CT molecular complexity index is 868. The summed E-state index contributed by atoms with van der Waals surface area (Å²) in [6.45, 7) is 1.52. The van der Waals surface area contributed by atoms with Crippen LogP contribution in [0.15, 0.2) is 53.5 Å². The first kappa shape index (κ1) is 12.3. The maximum atomic E-state index is 12.7. The lowest BCUT2D eigenvalue weighted by atomic mass is 10.0. The van der Waals surface area contributed by atoms with Gasteiger partial charge >= 0.3 is 0 Å². The summed E-state index contributed by atoms with van der Waals surface area (Å²) in [5.74, 6) is 0. The molecule has 104 valence electrons. The van der Waals surface area contributed by atoms with Crippen molar-refractivity contribution in [1.82, 2.24) is 14.9 Å². The number of para-hydroxylation sites is 1. The van der Waals surface area contributed by atoms with Crippen molar-refractivity contribution in [3.63, 3.8) is 0 Å². The summed E-state index contributed by atoms with van der Waals surface area (Å²) in [6, 6.07) is 13.8. The number of aromatic nitrogens is 2.